The molecule has 0 aliphatic heterocycles. The van der Waals surface area contributed by atoms with Gasteiger partial charge < -0.3 is 10.4 Å². The molecule has 1 aromatic heterocycles. The molecule has 0 radical (unpaired) electrons. The van der Waals surface area contributed by atoms with Crippen LogP contribution >= 0.6 is 11.5 Å². The third-order valence-corrected chi connectivity index (χ3v) is 2.70. The number of hydrogen-bond donors (Lipinski definition) is 3. The van der Waals surface area contributed by atoms with Gasteiger partial charge in [0.05, 0.1) is 12.1 Å². The number of nitrogens with zero attached hydrogens (tertiary/aromatic N) is 2. The summed E-state index contributed by atoms with van der Waals surface area (Å²) in [6.07, 6.45) is 2.62. The number of hydrogen-bond acceptors (Lipinski definition) is 5. The Kier molecular flexibility index (Phi) is 5.34. The minimum absolute atomic E-state index is 0.334. The van der Waals surface area contributed by atoms with Crippen LogP contribution < -0.4 is 10.6 Å². The molecule has 8 heteroatoms. The summed E-state index contributed by atoms with van der Waals surface area (Å²) in [6.45, 7) is 2.08. The Balaban J connectivity index is 2.10. The van der Waals surface area contributed by atoms with Crippen molar-refractivity contribution in [2.45, 2.75) is 19.8 Å². The Morgan fingerprint density at radius 2 is 2.35 bits per heavy atom. The molecule has 0 aromatic carbocycles. The van der Waals surface area contributed by atoms with Gasteiger partial charge in [-0.3, -0.25) is 10.1 Å². The van der Waals surface area contributed by atoms with Crippen molar-refractivity contribution < 1.29 is 14.7 Å². The predicted octanol–water partition coefficient (Wildman–Crippen LogP) is 1.16. The lowest BCUT2D eigenvalue weighted by Crippen LogP contribution is -2.29. The lowest BCUT2D eigenvalue weighted by atomic mass is 10.1. The standard InChI is InChI=1S/C9H14N4O3S/c1-6(8(14)15)3-2-4-10-9(16)12-7-5-11-13-17-7/h5-6H,2-4H2,1H3,(H,14,15)(H2,10,12,16). The van der Waals surface area contributed by atoms with Gasteiger partial charge in [0, 0.05) is 18.1 Å². The van der Waals surface area contributed by atoms with E-state index in [2.05, 4.69) is 20.2 Å². The normalized spacial score (nSPS) is 11.8. The van der Waals surface area contributed by atoms with Crippen LogP contribution in [-0.4, -0.2) is 33.2 Å². The highest BCUT2D eigenvalue weighted by Crippen LogP contribution is 2.08. The van der Waals surface area contributed by atoms with E-state index in [0.29, 0.717) is 24.4 Å². The number of nitrogens with one attached hydrogen (secondary N) is 2. The SMILES string of the molecule is CC(CCCNC(=O)Nc1cnns1)C(=O)O. The number of aromatic nitrogens is 2. The van der Waals surface area contributed by atoms with Gasteiger partial charge in [0.1, 0.15) is 5.00 Å². The van der Waals surface area contributed by atoms with Gasteiger partial charge in [0.2, 0.25) is 0 Å². The van der Waals surface area contributed by atoms with E-state index in [1.54, 1.807) is 6.92 Å². The van der Waals surface area contributed by atoms with Crippen molar-refractivity contribution in [3.8, 4) is 0 Å². The maximum Gasteiger partial charge on any atom is 0.319 e. The highest BCUT2D eigenvalue weighted by Gasteiger charge is 2.10. The molecule has 1 unspecified atom stereocenters. The molecule has 3 N–H and O–H groups in total. The van der Waals surface area contributed by atoms with Gasteiger partial charge in [-0.2, -0.15) is 0 Å². The van der Waals surface area contributed by atoms with Crippen molar-refractivity contribution in [3.63, 3.8) is 0 Å². The van der Waals surface area contributed by atoms with Gasteiger partial charge in [0.25, 0.3) is 0 Å². The molecular formula is C9H14N4O3S. The summed E-state index contributed by atoms with van der Waals surface area (Å²) in [5.41, 5.74) is 0. The lowest BCUT2D eigenvalue weighted by molar-refractivity contribution is -0.141. The summed E-state index contributed by atoms with van der Waals surface area (Å²) in [5.74, 6) is -1.20. The van der Waals surface area contributed by atoms with E-state index in [1.165, 1.54) is 6.20 Å². The molecule has 1 rings (SSSR count). The molecule has 1 atom stereocenters. The average molecular weight is 258 g/mol. The van der Waals surface area contributed by atoms with Crippen LogP contribution in [0.15, 0.2) is 6.20 Å². The highest BCUT2D eigenvalue weighted by atomic mass is 32.1. The number of carbonyl (C=O) groups excluding carboxylic acids is 1. The zero-order chi connectivity index (χ0) is 12.7. The van der Waals surface area contributed by atoms with Crippen molar-refractivity contribution in [1.82, 2.24) is 14.9 Å². The van der Waals surface area contributed by atoms with Crippen LogP contribution in [0.5, 0.6) is 0 Å². The number of anilines is 1. The first-order valence-electron chi connectivity index (χ1n) is 5.14. The summed E-state index contributed by atoms with van der Waals surface area (Å²) in [7, 11) is 0. The Hall–Kier alpha value is -1.70. The summed E-state index contributed by atoms with van der Waals surface area (Å²) in [6, 6.07) is -0.334. The van der Waals surface area contributed by atoms with Crippen LogP contribution in [0.4, 0.5) is 9.80 Å². The molecule has 0 bridgehead atoms. The minimum atomic E-state index is -0.815. The van der Waals surface area contributed by atoms with Gasteiger partial charge >= 0.3 is 12.0 Å². The zero-order valence-electron chi connectivity index (χ0n) is 9.34. The van der Waals surface area contributed by atoms with Crippen LogP contribution in [-0.2, 0) is 4.79 Å². The van der Waals surface area contributed by atoms with Gasteiger partial charge in [-0.15, -0.1) is 5.10 Å². The maximum atomic E-state index is 11.3. The average Bonchev–Trinajstić information content (AvgIpc) is 2.76. The topological polar surface area (TPSA) is 104 Å². The Labute approximate surface area is 102 Å². The highest BCUT2D eigenvalue weighted by molar-refractivity contribution is 7.10. The van der Waals surface area contributed by atoms with Crippen molar-refractivity contribution in [1.29, 1.82) is 0 Å². The molecule has 0 aliphatic carbocycles. The molecule has 94 valence electrons. The maximum absolute atomic E-state index is 11.3. The number of carboxylic acids is 1. The fourth-order valence-corrected chi connectivity index (χ4v) is 1.53. The number of carbonyl (C=O) groups is 2. The Morgan fingerprint density at radius 1 is 1.59 bits per heavy atom. The first-order chi connectivity index (χ1) is 8.09. The van der Waals surface area contributed by atoms with E-state index in [9.17, 15) is 9.59 Å². The smallest absolute Gasteiger partial charge is 0.319 e. The van der Waals surface area contributed by atoms with Gasteiger partial charge in [-0.1, -0.05) is 11.4 Å². The number of rotatable bonds is 6. The molecule has 0 aliphatic rings. The van der Waals surface area contributed by atoms with Gasteiger partial charge in [-0.25, -0.2) is 4.79 Å². The zero-order valence-corrected chi connectivity index (χ0v) is 10.2. The molecule has 7 nitrogen and oxygen atoms in total. The summed E-state index contributed by atoms with van der Waals surface area (Å²) in [5, 5.41) is 18.0. The molecule has 0 fully saturated rings. The third kappa shape index (κ3) is 5.25. The fraction of sp³-hybridized carbons (Fsp3) is 0.556. The predicted molar refractivity (Wildman–Crippen MR) is 63.0 cm³/mol. The summed E-state index contributed by atoms with van der Waals surface area (Å²) in [4.78, 5) is 21.8. The molecule has 1 heterocycles. The number of aliphatic carboxylic acids is 1. The fourth-order valence-electron chi connectivity index (χ4n) is 1.11. The molecule has 0 saturated carbocycles. The van der Waals surface area contributed by atoms with Crippen LogP contribution in [0.2, 0.25) is 0 Å². The van der Waals surface area contributed by atoms with Crippen molar-refractivity contribution in [2.24, 2.45) is 5.92 Å². The van der Waals surface area contributed by atoms with E-state index in [0.717, 1.165) is 11.5 Å². The number of carboxylic acid groups (broad SMARTS) is 1. The van der Waals surface area contributed by atoms with Crippen LogP contribution in [0.1, 0.15) is 19.8 Å². The van der Waals surface area contributed by atoms with E-state index in [4.69, 9.17) is 5.11 Å². The van der Waals surface area contributed by atoms with E-state index < -0.39 is 5.97 Å². The van der Waals surface area contributed by atoms with Crippen molar-refractivity contribution >= 4 is 28.5 Å². The summed E-state index contributed by atoms with van der Waals surface area (Å²) < 4.78 is 3.60. The van der Waals surface area contributed by atoms with E-state index >= 15 is 0 Å². The number of amides is 2. The third-order valence-electron chi connectivity index (χ3n) is 2.12. The van der Waals surface area contributed by atoms with Gasteiger partial charge in [0.15, 0.2) is 0 Å². The number of urea groups is 1. The Morgan fingerprint density at radius 3 is 2.94 bits per heavy atom. The van der Waals surface area contributed by atoms with Crippen LogP contribution in [0, 0.1) is 5.92 Å². The first-order valence-corrected chi connectivity index (χ1v) is 5.92. The van der Waals surface area contributed by atoms with Gasteiger partial charge in [-0.05, 0) is 12.8 Å². The second-order valence-electron chi connectivity index (χ2n) is 3.54. The molecule has 17 heavy (non-hydrogen) atoms. The molecule has 0 saturated heterocycles. The van der Waals surface area contributed by atoms with Crippen molar-refractivity contribution in [3.05, 3.63) is 6.20 Å². The Bertz CT molecular complexity index is 368. The van der Waals surface area contributed by atoms with Crippen molar-refractivity contribution in [2.75, 3.05) is 11.9 Å². The molecular weight excluding hydrogens is 244 g/mol. The van der Waals surface area contributed by atoms with Crippen LogP contribution in [0.25, 0.3) is 0 Å². The van der Waals surface area contributed by atoms with Crippen LogP contribution in [0.3, 0.4) is 0 Å². The monoisotopic (exact) mass is 258 g/mol. The second kappa shape index (κ2) is 6.79. The largest absolute Gasteiger partial charge is 0.481 e. The lowest BCUT2D eigenvalue weighted by Gasteiger charge is -2.07. The molecule has 1 aromatic rings. The molecule has 0 spiro atoms. The summed E-state index contributed by atoms with van der Waals surface area (Å²) >= 11 is 1.09. The minimum Gasteiger partial charge on any atom is -0.481 e. The van der Waals surface area contributed by atoms with E-state index in [1.807, 2.05) is 0 Å². The first kappa shape index (κ1) is 13.4. The second-order valence-corrected chi connectivity index (χ2v) is 4.33. The molecule has 2 amide bonds. The quantitative estimate of drug-likeness (QED) is 0.664. The van der Waals surface area contributed by atoms with E-state index in [-0.39, 0.29) is 11.9 Å².